The first-order chi connectivity index (χ1) is 9.19. The van der Waals surface area contributed by atoms with Crippen molar-refractivity contribution in [1.29, 1.82) is 10.5 Å². The zero-order valence-electron chi connectivity index (χ0n) is 11.1. The average molecular weight is 258 g/mol. The summed E-state index contributed by atoms with van der Waals surface area (Å²) < 4.78 is 15.9. The predicted molar refractivity (Wildman–Crippen MR) is 69.9 cm³/mol. The van der Waals surface area contributed by atoms with Gasteiger partial charge in [-0.1, -0.05) is 0 Å². The van der Waals surface area contributed by atoms with E-state index in [2.05, 4.69) is 0 Å². The molecule has 0 saturated carbocycles. The highest BCUT2D eigenvalue weighted by molar-refractivity contribution is 5.69. The van der Waals surface area contributed by atoms with Crippen molar-refractivity contribution in [3.63, 3.8) is 0 Å². The van der Waals surface area contributed by atoms with Crippen LogP contribution in [0.3, 0.4) is 0 Å². The van der Waals surface area contributed by atoms with E-state index in [4.69, 9.17) is 24.7 Å². The summed E-state index contributed by atoms with van der Waals surface area (Å²) in [5.41, 5.74) is 0.574. The third-order valence-electron chi connectivity index (χ3n) is 2.36. The Labute approximate surface area is 112 Å². The van der Waals surface area contributed by atoms with E-state index in [-0.39, 0.29) is 5.57 Å². The smallest absolute Gasteiger partial charge is 0.164 e. The highest BCUT2D eigenvalue weighted by Gasteiger charge is 2.11. The third-order valence-corrected chi connectivity index (χ3v) is 2.36. The lowest BCUT2D eigenvalue weighted by atomic mass is 10.1. The van der Waals surface area contributed by atoms with Gasteiger partial charge in [-0.15, -0.1) is 0 Å². The Morgan fingerprint density at radius 1 is 1.11 bits per heavy atom. The van der Waals surface area contributed by atoms with Crippen LogP contribution >= 0.6 is 0 Å². The molecule has 0 bridgehead atoms. The molecule has 0 radical (unpaired) electrons. The molecular formula is C14H14N2O3. The van der Waals surface area contributed by atoms with Gasteiger partial charge in [-0.2, -0.15) is 10.5 Å². The van der Waals surface area contributed by atoms with Crippen LogP contribution in [0.2, 0.25) is 0 Å². The Bertz CT molecular complexity index is 549. The van der Waals surface area contributed by atoms with Crippen LogP contribution in [-0.2, 0) is 0 Å². The maximum absolute atomic E-state index is 8.78. The Morgan fingerprint density at radius 3 is 2.21 bits per heavy atom. The predicted octanol–water partition coefficient (Wildman–Crippen LogP) is 2.53. The molecule has 0 fully saturated rings. The molecule has 0 aliphatic carbocycles. The molecule has 0 N–H and O–H groups in total. The molecule has 0 aromatic heterocycles. The van der Waals surface area contributed by atoms with Crippen LogP contribution in [0.4, 0.5) is 0 Å². The molecule has 0 spiro atoms. The second-order valence-corrected chi connectivity index (χ2v) is 3.46. The highest BCUT2D eigenvalue weighted by atomic mass is 16.5. The Hall–Kier alpha value is -2.66. The van der Waals surface area contributed by atoms with Gasteiger partial charge < -0.3 is 14.2 Å². The number of nitrogens with zero attached hydrogens (tertiary/aromatic N) is 2. The first kappa shape index (κ1) is 14.4. The van der Waals surface area contributed by atoms with Gasteiger partial charge in [-0.3, -0.25) is 0 Å². The molecule has 98 valence electrons. The molecule has 0 saturated heterocycles. The Morgan fingerprint density at radius 2 is 1.74 bits per heavy atom. The molecular weight excluding hydrogens is 244 g/mol. The van der Waals surface area contributed by atoms with Crippen LogP contribution in [0, 0.1) is 22.7 Å². The van der Waals surface area contributed by atoms with Crippen LogP contribution < -0.4 is 14.2 Å². The van der Waals surface area contributed by atoms with Gasteiger partial charge in [0.15, 0.2) is 11.5 Å². The molecule has 0 atom stereocenters. The highest BCUT2D eigenvalue weighted by Crippen LogP contribution is 2.35. The van der Waals surface area contributed by atoms with Gasteiger partial charge in [-0.25, -0.2) is 0 Å². The SMILES string of the molecule is CCOc1cc(OC)c(C=C(C#N)C#N)cc1OC. The van der Waals surface area contributed by atoms with Gasteiger partial charge in [0.2, 0.25) is 0 Å². The van der Waals surface area contributed by atoms with Crippen LogP contribution in [0.1, 0.15) is 12.5 Å². The van der Waals surface area contributed by atoms with Crippen LogP contribution in [0.15, 0.2) is 17.7 Å². The molecule has 0 aliphatic heterocycles. The Balaban J connectivity index is 3.37. The third kappa shape index (κ3) is 3.40. The van der Waals surface area contributed by atoms with Crippen molar-refractivity contribution in [2.45, 2.75) is 6.92 Å². The van der Waals surface area contributed by atoms with Crippen molar-refractivity contribution in [3.8, 4) is 29.4 Å². The summed E-state index contributed by atoms with van der Waals surface area (Å²) in [5.74, 6) is 1.57. The number of hydrogen-bond donors (Lipinski definition) is 0. The second kappa shape index (κ2) is 6.93. The zero-order valence-corrected chi connectivity index (χ0v) is 11.1. The Kier molecular flexibility index (Phi) is 5.25. The topological polar surface area (TPSA) is 75.3 Å². The van der Waals surface area contributed by atoms with Gasteiger partial charge in [0.1, 0.15) is 23.5 Å². The fourth-order valence-corrected chi connectivity index (χ4v) is 1.52. The molecule has 19 heavy (non-hydrogen) atoms. The monoisotopic (exact) mass is 258 g/mol. The van der Waals surface area contributed by atoms with Gasteiger partial charge >= 0.3 is 0 Å². The minimum atomic E-state index is -0.00971. The van der Waals surface area contributed by atoms with E-state index in [1.165, 1.54) is 20.3 Å². The quantitative estimate of drug-likeness (QED) is 0.758. The van der Waals surface area contributed by atoms with E-state index in [1.54, 1.807) is 24.3 Å². The van der Waals surface area contributed by atoms with Crippen LogP contribution in [0.5, 0.6) is 17.2 Å². The number of ether oxygens (including phenoxy) is 3. The largest absolute Gasteiger partial charge is 0.496 e. The van der Waals surface area contributed by atoms with Crippen molar-refractivity contribution in [2.24, 2.45) is 0 Å². The standard InChI is InChI=1S/C14H14N2O3/c1-4-19-14-7-12(17-2)11(6-13(14)18-3)5-10(8-15)9-16/h5-7H,4H2,1-3H3. The van der Waals surface area contributed by atoms with Crippen molar-refractivity contribution >= 4 is 6.08 Å². The zero-order chi connectivity index (χ0) is 14.3. The first-order valence-corrected chi connectivity index (χ1v) is 5.60. The number of nitriles is 2. The van der Waals surface area contributed by atoms with E-state index >= 15 is 0 Å². The lowest BCUT2D eigenvalue weighted by Crippen LogP contribution is -1.98. The minimum absolute atomic E-state index is 0.00971. The van der Waals surface area contributed by atoms with E-state index in [1.807, 2.05) is 6.92 Å². The molecule has 5 nitrogen and oxygen atoms in total. The number of hydrogen-bond acceptors (Lipinski definition) is 5. The summed E-state index contributed by atoms with van der Waals surface area (Å²) in [6.07, 6.45) is 1.44. The van der Waals surface area contributed by atoms with Crippen molar-refractivity contribution in [3.05, 3.63) is 23.3 Å². The number of rotatable bonds is 5. The fourth-order valence-electron chi connectivity index (χ4n) is 1.52. The first-order valence-electron chi connectivity index (χ1n) is 5.60. The van der Waals surface area contributed by atoms with Gasteiger partial charge in [0, 0.05) is 11.6 Å². The maximum Gasteiger partial charge on any atom is 0.164 e. The fraction of sp³-hybridized carbons (Fsp3) is 0.286. The van der Waals surface area contributed by atoms with Gasteiger partial charge in [0.05, 0.1) is 20.8 Å². The van der Waals surface area contributed by atoms with Crippen molar-refractivity contribution < 1.29 is 14.2 Å². The average Bonchev–Trinajstić information content (AvgIpc) is 2.45. The summed E-state index contributed by atoms with van der Waals surface area (Å²) in [5, 5.41) is 17.6. The molecule has 0 heterocycles. The number of allylic oxidation sites excluding steroid dienone is 1. The summed E-state index contributed by atoms with van der Waals surface area (Å²) in [6, 6.07) is 6.93. The summed E-state index contributed by atoms with van der Waals surface area (Å²) in [4.78, 5) is 0. The second-order valence-electron chi connectivity index (χ2n) is 3.46. The lowest BCUT2D eigenvalue weighted by Gasteiger charge is -2.13. The van der Waals surface area contributed by atoms with Crippen LogP contribution in [-0.4, -0.2) is 20.8 Å². The van der Waals surface area contributed by atoms with E-state index in [9.17, 15) is 0 Å². The molecule has 0 unspecified atom stereocenters. The molecule has 1 aromatic carbocycles. The van der Waals surface area contributed by atoms with E-state index in [0.717, 1.165) is 0 Å². The lowest BCUT2D eigenvalue weighted by molar-refractivity contribution is 0.307. The van der Waals surface area contributed by atoms with E-state index in [0.29, 0.717) is 29.4 Å². The molecule has 0 amide bonds. The maximum atomic E-state index is 8.78. The molecule has 1 rings (SSSR count). The van der Waals surface area contributed by atoms with Crippen molar-refractivity contribution in [2.75, 3.05) is 20.8 Å². The molecule has 5 heteroatoms. The van der Waals surface area contributed by atoms with Gasteiger partial charge in [-0.05, 0) is 19.1 Å². The normalized spacial score (nSPS) is 8.89. The van der Waals surface area contributed by atoms with Crippen molar-refractivity contribution in [1.82, 2.24) is 0 Å². The summed E-state index contributed by atoms with van der Waals surface area (Å²) in [6.45, 7) is 2.36. The van der Waals surface area contributed by atoms with Crippen LogP contribution in [0.25, 0.3) is 6.08 Å². The summed E-state index contributed by atoms with van der Waals surface area (Å²) >= 11 is 0. The number of methoxy groups -OCH3 is 2. The summed E-state index contributed by atoms with van der Waals surface area (Å²) in [7, 11) is 3.03. The minimum Gasteiger partial charge on any atom is -0.496 e. The number of benzene rings is 1. The molecule has 0 aliphatic rings. The van der Waals surface area contributed by atoms with E-state index < -0.39 is 0 Å². The molecule has 1 aromatic rings. The van der Waals surface area contributed by atoms with Gasteiger partial charge in [0.25, 0.3) is 0 Å².